The second kappa shape index (κ2) is 6.12. The number of rotatable bonds is 7. The molecule has 1 aromatic rings. The molecular formula is C14H23N3. The maximum atomic E-state index is 6.13. The Morgan fingerprint density at radius 1 is 1.47 bits per heavy atom. The minimum Gasteiger partial charge on any atom is -0.327 e. The van der Waals surface area contributed by atoms with Crippen molar-refractivity contribution in [2.75, 3.05) is 13.1 Å². The molecule has 2 N–H and O–H groups in total. The van der Waals surface area contributed by atoms with Gasteiger partial charge >= 0.3 is 0 Å². The van der Waals surface area contributed by atoms with Crippen LogP contribution >= 0.6 is 0 Å². The predicted molar refractivity (Wildman–Crippen MR) is 70.5 cm³/mol. The molecule has 3 heteroatoms. The van der Waals surface area contributed by atoms with Crippen molar-refractivity contribution in [2.24, 2.45) is 11.7 Å². The number of nitrogens with two attached hydrogens (primary N) is 1. The highest BCUT2D eigenvalue weighted by Gasteiger charge is 2.28. The van der Waals surface area contributed by atoms with Gasteiger partial charge < -0.3 is 5.73 Å². The molecule has 0 saturated heterocycles. The van der Waals surface area contributed by atoms with Crippen molar-refractivity contribution in [1.82, 2.24) is 9.88 Å². The molecular weight excluding hydrogens is 210 g/mol. The van der Waals surface area contributed by atoms with Crippen LogP contribution in [0.3, 0.4) is 0 Å². The fraction of sp³-hybridized carbons (Fsp3) is 0.643. The van der Waals surface area contributed by atoms with Crippen molar-refractivity contribution >= 4 is 0 Å². The average Bonchev–Trinajstić information content (AvgIpc) is 3.19. The maximum Gasteiger partial charge on any atom is 0.0543 e. The third kappa shape index (κ3) is 4.10. The molecule has 0 aliphatic heterocycles. The van der Waals surface area contributed by atoms with Gasteiger partial charge in [-0.1, -0.05) is 13.0 Å². The van der Waals surface area contributed by atoms with E-state index in [2.05, 4.69) is 22.9 Å². The summed E-state index contributed by atoms with van der Waals surface area (Å²) in [5, 5.41) is 0. The molecule has 1 aliphatic carbocycles. The van der Waals surface area contributed by atoms with E-state index in [1.807, 2.05) is 18.3 Å². The summed E-state index contributed by atoms with van der Waals surface area (Å²) in [6.45, 7) is 5.29. The summed E-state index contributed by atoms with van der Waals surface area (Å²) < 4.78 is 0. The third-order valence-corrected chi connectivity index (χ3v) is 3.57. The molecule has 94 valence electrons. The molecule has 0 aromatic carbocycles. The Morgan fingerprint density at radius 3 is 2.88 bits per heavy atom. The summed E-state index contributed by atoms with van der Waals surface area (Å²) in [7, 11) is 0. The van der Waals surface area contributed by atoms with Gasteiger partial charge in [-0.2, -0.15) is 0 Å². The van der Waals surface area contributed by atoms with Crippen LogP contribution < -0.4 is 5.73 Å². The lowest BCUT2D eigenvalue weighted by Gasteiger charge is -2.21. The molecule has 2 rings (SSSR count). The molecule has 1 atom stereocenters. The van der Waals surface area contributed by atoms with Crippen molar-refractivity contribution in [3.05, 3.63) is 30.1 Å². The number of hydrogen-bond donors (Lipinski definition) is 1. The smallest absolute Gasteiger partial charge is 0.0543 e. The molecule has 1 saturated carbocycles. The van der Waals surface area contributed by atoms with Gasteiger partial charge in [0.05, 0.1) is 5.69 Å². The molecule has 1 aliphatic rings. The van der Waals surface area contributed by atoms with Gasteiger partial charge in [-0.25, -0.2) is 0 Å². The second-order valence-corrected chi connectivity index (χ2v) is 4.98. The van der Waals surface area contributed by atoms with Crippen LogP contribution in [-0.2, 0) is 6.54 Å². The first-order valence-electron chi connectivity index (χ1n) is 6.67. The van der Waals surface area contributed by atoms with Crippen LogP contribution in [0.2, 0.25) is 0 Å². The Labute approximate surface area is 104 Å². The second-order valence-electron chi connectivity index (χ2n) is 4.98. The molecule has 0 bridgehead atoms. The number of nitrogens with zero attached hydrogens (tertiary/aromatic N) is 2. The molecule has 1 aromatic heterocycles. The van der Waals surface area contributed by atoms with Crippen LogP contribution in [0.15, 0.2) is 24.4 Å². The lowest BCUT2D eigenvalue weighted by Crippen LogP contribution is -2.31. The van der Waals surface area contributed by atoms with E-state index in [9.17, 15) is 0 Å². The van der Waals surface area contributed by atoms with Crippen LogP contribution in [0.25, 0.3) is 0 Å². The Bertz CT molecular complexity index is 321. The van der Waals surface area contributed by atoms with Crippen LogP contribution in [0, 0.1) is 5.92 Å². The number of pyridine rings is 1. The van der Waals surface area contributed by atoms with E-state index in [1.54, 1.807) is 0 Å². The zero-order chi connectivity index (χ0) is 12.1. The van der Waals surface area contributed by atoms with E-state index < -0.39 is 0 Å². The molecule has 1 heterocycles. The first-order chi connectivity index (χ1) is 8.29. The summed E-state index contributed by atoms with van der Waals surface area (Å²) in [5.74, 6) is 0.809. The van der Waals surface area contributed by atoms with E-state index in [0.29, 0.717) is 6.04 Å². The minimum atomic E-state index is 0.410. The Kier molecular flexibility index (Phi) is 4.51. The molecule has 1 fully saturated rings. The van der Waals surface area contributed by atoms with E-state index in [0.717, 1.165) is 37.7 Å². The molecule has 0 amide bonds. The Balaban J connectivity index is 1.76. The van der Waals surface area contributed by atoms with Gasteiger partial charge in [-0.05, 0) is 43.9 Å². The molecule has 3 nitrogen and oxygen atoms in total. The van der Waals surface area contributed by atoms with Crippen LogP contribution in [-0.4, -0.2) is 29.0 Å². The van der Waals surface area contributed by atoms with Crippen LogP contribution in [0.4, 0.5) is 0 Å². The summed E-state index contributed by atoms with van der Waals surface area (Å²) in [6.07, 6.45) is 5.66. The van der Waals surface area contributed by atoms with Gasteiger partial charge in [-0.3, -0.25) is 9.88 Å². The van der Waals surface area contributed by atoms with Gasteiger partial charge in [0.25, 0.3) is 0 Å². The SMILES string of the molecule is CCN(CCC(N)C1CC1)Cc1ccccn1. The number of aromatic nitrogens is 1. The lowest BCUT2D eigenvalue weighted by atomic mass is 10.1. The zero-order valence-electron chi connectivity index (χ0n) is 10.7. The van der Waals surface area contributed by atoms with E-state index in [-0.39, 0.29) is 0 Å². The highest BCUT2D eigenvalue weighted by molar-refractivity contribution is 5.03. The van der Waals surface area contributed by atoms with Gasteiger partial charge in [-0.15, -0.1) is 0 Å². The van der Waals surface area contributed by atoms with Gasteiger partial charge in [0, 0.05) is 25.3 Å². The molecule has 1 unspecified atom stereocenters. The van der Waals surface area contributed by atoms with Crippen molar-refractivity contribution in [2.45, 2.75) is 38.8 Å². The molecule has 0 spiro atoms. The summed E-state index contributed by atoms with van der Waals surface area (Å²) in [4.78, 5) is 6.79. The van der Waals surface area contributed by atoms with Crippen LogP contribution in [0.1, 0.15) is 31.9 Å². The van der Waals surface area contributed by atoms with Crippen molar-refractivity contribution in [1.29, 1.82) is 0 Å². The first kappa shape index (κ1) is 12.5. The Morgan fingerprint density at radius 2 is 2.29 bits per heavy atom. The number of hydrogen-bond acceptors (Lipinski definition) is 3. The quantitative estimate of drug-likeness (QED) is 0.783. The lowest BCUT2D eigenvalue weighted by molar-refractivity contribution is 0.261. The fourth-order valence-corrected chi connectivity index (χ4v) is 2.16. The van der Waals surface area contributed by atoms with E-state index in [4.69, 9.17) is 5.73 Å². The highest BCUT2D eigenvalue weighted by atomic mass is 15.1. The molecule has 0 radical (unpaired) electrons. The van der Waals surface area contributed by atoms with Crippen LogP contribution in [0.5, 0.6) is 0 Å². The monoisotopic (exact) mass is 233 g/mol. The summed E-state index contributed by atoms with van der Waals surface area (Å²) in [5.41, 5.74) is 7.28. The first-order valence-corrected chi connectivity index (χ1v) is 6.67. The van der Waals surface area contributed by atoms with Crippen molar-refractivity contribution in [3.8, 4) is 0 Å². The van der Waals surface area contributed by atoms with Gasteiger partial charge in [0.15, 0.2) is 0 Å². The van der Waals surface area contributed by atoms with Crippen molar-refractivity contribution in [3.63, 3.8) is 0 Å². The van der Waals surface area contributed by atoms with E-state index in [1.165, 1.54) is 12.8 Å². The van der Waals surface area contributed by atoms with Gasteiger partial charge in [0.2, 0.25) is 0 Å². The van der Waals surface area contributed by atoms with E-state index >= 15 is 0 Å². The largest absolute Gasteiger partial charge is 0.327 e. The fourth-order valence-electron chi connectivity index (χ4n) is 2.16. The van der Waals surface area contributed by atoms with Crippen molar-refractivity contribution < 1.29 is 0 Å². The third-order valence-electron chi connectivity index (χ3n) is 3.57. The summed E-state index contributed by atoms with van der Waals surface area (Å²) >= 11 is 0. The maximum absolute atomic E-state index is 6.13. The van der Waals surface area contributed by atoms with Gasteiger partial charge in [0.1, 0.15) is 0 Å². The normalized spacial score (nSPS) is 17.4. The highest BCUT2D eigenvalue weighted by Crippen LogP contribution is 2.32. The minimum absolute atomic E-state index is 0.410. The average molecular weight is 233 g/mol. The zero-order valence-corrected chi connectivity index (χ0v) is 10.7. The topological polar surface area (TPSA) is 42.1 Å². The predicted octanol–water partition coefficient (Wildman–Crippen LogP) is 2.03. The molecule has 17 heavy (non-hydrogen) atoms. The standard InChI is InChI=1S/C14H23N3/c1-2-17(10-8-14(15)12-6-7-12)11-13-5-3-4-9-16-13/h3-5,9,12,14H,2,6-8,10-11,15H2,1H3. The summed E-state index contributed by atoms with van der Waals surface area (Å²) in [6, 6.07) is 6.51. The Hall–Kier alpha value is -0.930.